The number of hydrogen-bond donors (Lipinski definition) is 1. The molecule has 3 rings (SSSR count). The summed E-state index contributed by atoms with van der Waals surface area (Å²) in [5, 5.41) is 16.9. The monoisotopic (exact) mass is 309 g/mol. The lowest BCUT2D eigenvalue weighted by Crippen LogP contribution is -2.08. The van der Waals surface area contributed by atoms with Gasteiger partial charge in [0.2, 0.25) is 5.82 Å². The number of aryl methyl sites for hydroxylation is 1. The fourth-order valence-corrected chi connectivity index (χ4v) is 3.37. The van der Waals surface area contributed by atoms with E-state index in [-0.39, 0.29) is 17.7 Å². The van der Waals surface area contributed by atoms with E-state index in [0.717, 1.165) is 9.88 Å². The van der Waals surface area contributed by atoms with Gasteiger partial charge in [0.25, 0.3) is 4.96 Å². The first kappa shape index (κ1) is 13.0. The summed E-state index contributed by atoms with van der Waals surface area (Å²) in [5.41, 5.74) is 0. The van der Waals surface area contributed by atoms with Gasteiger partial charge in [-0.2, -0.15) is 9.38 Å². The highest BCUT2D eigenvalue weighted by Crippen LogP contribution is 2.31. The first-order chi connectivity index (χ1) is 9.56. The second-order valence-corrected chi connectivity index (χ2v) is 6.41. The summed E-state index contributed by atoms with van der Waals surface area (Å²) in [6.07, 6.45) is 3.44. The lowest BCUT2D eigenvalue weighted by molar-refractivity contribution is -0.389. The molecule has 3 aromatic heterocycles. The molecule has 0 aliphatic heterocycles. The van der Waals surface area contributed by atoms with Gasteiger partial charge in [0.05, 0.1) is 6.04 Å². The lowest BCUT2D eigenvalue weighted by Gasteiger charge is -2.09. The Morgan fingerprint density at radius 2 is 2.35 bits per heavy atom. The summed E-state index contributed by atoms with van der Waals surface area (Å²) in [7, 11) is 0. The van der Waals surface area contributed by atoms with Gasteiger partial charge in [-0.1, -0.05) is 11.3 Å². The normalized spacial score (nSPS) is 12.7. The van der Waals surface area contributed by atoms with Crippen molar-refractivity contribution in [1.82, 2.24) is 14.4 Å². The summed E-state index contributed by atoms with van der Waals surface area (Å²) in [5.74, 6) is 0.239. The molecule has 0 aliphatic rings. The van der Waals surface area contributed by atoms with E-state index < -0.39 is 4.92 Å². The lowest BCUT2D eigenvalue weighted by atomic mass is 10.3. The molecule has 7 nitrogen and oxygen atoms in total. The Labute approximate surface area is 122 Å². The van der Waals surface area contributed by atoms with Crippen LogP contribution >= 0.6 is 22.7 Å². The molecule has 104 valence electrons. The summed E-state index contributed by atoms with van der Waals surface area (Å²) in [6, 6.07) is -0.128. The molecule has 0 saturated heterocycles. The molecule has 20 heavy (non-hydrogen) atoms. The topological polar surface area (TPSA) is 85.4 Å². The van der Waals surface area contributed by atoms with Crippen LogP contribution in [-0.2, 0) is 0 Å². The van der Waals surface area contributed by atoms with E-state index in [1.807, 2.05) is 13.8 Å². The van der Waals surface area contributed by atoms with Gasteiger partial charge in [-0.25, -0.2) is 4.98 Å². The zero-order chi connectivity index (χ0) is 14.3. The molecular formula is C11H11N5O2S2. The van der Waals surface area contributed by atoms with Crippen molar-refractivity contribution in [3.05, 3.63) is 37.8 Å². The maximum absolute atomic E-state index is 11.2. The number of nitro groups is 1. The van der Waals surface area contributed by atoms with E-state index in [2.05, 4.69) is 15.3 Å². The molecule has 0 bridgehead atoms. The summed E-state index contributed by atoms with van der Waals surface area (Å²) in [6.45, 7) is 3.89. The van der Waals surface area contributed by atoms with Gasteiger partial charge in [-0.05, 0) is 18.8 Å². The SMILES string of the molecule is Cc1cnc(C(C)Nc2nc3sccn3c2[N+](=O)[O-])s1. The van der Waals surface area contributed by atoms with Gasteiger partial charge in [0, 0.05) is 16.5 Å². The van der Waals surface area contributed by atoms with Crippen molar-refractivity contribution in [2.24, 2.45) is 0 Å². The highest BCUT2D eigenvalue weighted by Gasteiger charge is 2.25. The predicted octanol–water partition coefficient (Wildman–Crippen LogP) is 3.24. The third-order valence-electron chi connectivity index (χ3n) is 2.77. The molecular weight excluding hydrogens is 298 g/mol. The van der Waals surface area contributed by atoms with Gasteiger partial charge in [0.1, 0.15) is 11.2 Å². The van der Waals surface area contributed by atoms with Gasteiger partial charge in [-0.15, -0.1) is 11.3 Å². The van der Waals surface area contributed by atoms with Crippen molar-refractivity contribution in [1.29, 1.82) is 0 Å². The van der Waals surface area contributed by atoms with Crippen LogP contribution in [0.3, 0.4) is 0 Å². The molecule has 0 fully saturated rings. The number of thiazole rings is 2. The van der Waals surface area contributed by atoms with Gasteiger partial charge >= 0.3 is 5.82 Å². The Hall–Kier alpha value is -2.00. The quantitative estimate of drug-likeness (QED) is 0.590. The minimum absolute atomic E-state index is 0.0404. The van der Waals surface area contributed by atoms with Crippen LogP contribution in [0.1, 0.15) is 22.9 Å². The number of nitrogens with one attached hydrogen (secondary N) is 1. The molecule has 0 saturated carbocycles. The van der Waals surface area contributed by atoms with Crippen molar-refractivity contribution in [3.8, 4) is 0 Å². The van der Waals surface area contributed by atoms with Crippen LogP contribution in [0, 0.1) is 17.0 Å². The minimum atomic E-state index is -0.422. The molecule has 0 spiro atoms. The predicted molar refractivity (Wildman–Crippen MR) is 78.6 cm³/mol. The first-order valence-corrected chi connectivity index (χ1v) is 7.54. The van der Waals surface area contributed by atoms with Crippen molar-refractivity contribution in [3.63, 3.8) is 0 Å². The molecule has 0 radical (unpaired) electrons. The molecule has 1 atom stereocenters. The van der Waals surface area contributed by atoms with E-state index in [1.165, 1.54) is 15.7 Å². The summed E-state index contributed by atoms with van der Waals surface area (Å²) < 4.78 is 1.48. The summed E-state index contributed by atoms with van der Waals surface area (Å²) >= 11 is 2.92. The number of aromatic nitrogens is 3. The number of imidazole rings is 1. The van der Waals surface area contributed by atoms with Crippen LogP contribution in [0.5, 0.6) is 0 Å². The largest absolute Gasteiger partial charge is 0.372 e. The van der Waals surface area contributed by atoms with Crippen LogP contribution in [0.4, 0.5) is 11.6 Å². The molecule has 0 aromatic carbocycles. The fraction of sp³-hybridized carbons (Fsp3) is 0.273. The van der Waals surface area contributed by atoms with Crippen LogP contribution in [0.25, 0.3) is 4.96 Å². The maximum Gasteiger partial charge on any atom is 0.372 e. The molecule has 9 heteroatoms. The zero-order valence-electron chi connectivity index (χ0n) is 10.7. The fourth-order valence-electron chi connectivity index (χ4n) is 1.88. The zero-order valence-corrected chi connectivity index (χ0v) is 12.4. The Morgan fingerprint density at radius 3 is 3.00 bits per heavy atom. The first-order valence-electron chi connectivity index (χ1n) is 5.85. The van der Waals surface area contributed by atoms with Gasteiger partial charge < -0.3 is 15.4 Å². The van der Waals surface area contributed by atoms with E-state index in [0.29, 0.717) is 4.96 Å². The van der Waals surface area contributed by atoms with Crippen molar-refractivity contribution in [2.45, 2.75) is 19.9 Å². The minimum Gasteiger partial charge on any atom is -0.358 e. The highest BCUT2D eigenvalue weighted by molar-refractivity contribution is 7.15. The Morgan fingerprint density at radius 1 is 1.55 bits per heavy atom. The van der Waals surface area contributed by atoms with E-state index >= 15 is 0 Å². The van der Waals surface area contributed by atoms with Crippen LogP contribution in [-0.4, -0.2) is 19.3 Å². The average molecular weight is 309 g/mol. The van der Waals surface area contributed by atoms with Crippen molar-refractivity contribution >= 4 is 39.3 Å². The number of anilines is 1. The third-order valence-corrected chi connectivity index (χ3v) is 4.62. The van der Waals surface area contributed by atoms with E-state index in [4.69, 9.17) is 0 Å². The molecule has 1 N–H and O–H groups in total. The summed E-state index contributed by atoms with van der Waals surface area (Å²) in [4.78, 5) is 21.0. The van der Waals surface area contributed by atoms with E-state index in [1.54, 1.807) is 29.1 Å². The highest BCUT2D eigenvalue weighted by atomic mass is 32.1. The van der Waals surface area contributed by atoms with Crippen LogP contribution < -0.4 is 5.32 Å². The average Bonchev–Trinajstić information content (AvgIpc) is 3.03. The van der Waals surface area contributed by atoms with Crippen LogP contribution in [0.2, 0.25) is 0 Å². The Kier molecular flexibility index (Phi) is 3.14. The standard InChI is InChI=1S/C11H11N5O2S2/c1-6-5-12-9(20-6)7(2)13-8-10(16(17)18)15-3-4-19-11(15)14-8/h3-5,7,13H,1-2H3. The van der Waals surface area contributed by atoms with Gasteiger partial charge in [-0.3, -0.25) is 0 Å². The molecule has 3 heterocycles. The molecule has 0 amide bonds. The number of fused-ring (bicyclic) bond motifs is 1. The van der Waals surface area contributed by atoms with Gasteiger partial charge in [0.15, 0.2) is 0 Å². The second-order valence-electron chi connectivity index (χ2n) is 4.27. The second kappa shape index (κ2) is 4.84. The number of hydrogen-bond acceptors (Lipinski definition) is 7. The Balaban J connectivity index is 1.96. The number of rotatable bonds is 4. The van der Waals surface area contributed by atoms with Crippen molar-refractivity contribution in [2.75, 3.05) is 5.32 Å². The third kappa shape index (κ3) is 2.14. The maximum atomic E-state index is 11.2. The van der Waals surface area contributed by atoms with Crippen LogP contribution in [0.15, 0.2) is 17.8 Å². The van der Waals surface area contributed by atoms with E-state index in [9.17, 15) is 10.1 Å². The molecule has 1 unspecified atom stereocenters. The molecule has 3 aromatic rings. The number of nitrogens with zero attached hydrogens (tertiary/aromatic N) is 4. The Bertz CT molecular complexity index is 775. The van der Waals surface area contributed by atoms with Crippen molar-refractivity contribution < 1.29 is 4.92 Å². The molecule has 0 aliphatic carbocycles. The smallest absolute Gasteiger partial charge is 0.358 e.